The van der Waals surface area contributed by atoms with Crippen molar-refractivity contribution >= 4 is 5.78 Å². The van der Waals surface area contributed by atoms with Gasteiger partial charge in [-0.15, -0.1) is 0 Å². The molecule has 1 aromatic heterocycles. The summed E-state index contributed by atoms with van der Waals surface area (Å²) in [7, 11) is 3.20. The van der Waals surface area contributed by atoms with Crippen LogP contribution in [-0.4, -0.2) is 30.0 Å². The van der Waals surface area contributed by atoms with Crippen LogP contribution >= 0.6 is 0 Å². The highest BCUT2D eigenvalue weighted by molar-refractivity contribution is 5.94. The second-order valence-corrected chi connectivity index (χ2v) is 4.71. The Morgan fingerprint density at radius 1 is 1.19 bits per heavy atom. The minimum atomic E-state index is -0.0230. The van der Waals surface area contributed by atoms with E-state index in [1.807, 2.05) is 25.1 Å². The van der Waals surface area contributed by atoms with Gasteiger partial charge >= 0.3 is 0 Å². The van der Waals surface area contributed by atoms with Crippen molar-refractivity contribution in [1.29, 1.82) is 0 Å². The highest BCUT2D eigenvalue weighted by Crippen LogP contribution is 2.28. The SMILES string of the molecule is COc1ccc(Cc2ncc(C(C)=O)c(C)n2)cc1OC. The van der Waals surface area contributed by atoms with Crippen LogP contribution in [0.3, 0.4) is 0 Å². The molecule has 110 valence electrons. The van der Waals surface area contributed by atoms with Gasteiger partial charge in [0, 0.05) is 12.6 Å². The van der Waals surface area contributed by atoms with E-state index >= 15 is 0 Å². The summed E-state index contributed by atoms with van der Waals surface area (Å²) in [6.07, 6.45) is 2.15. The van der Waals surface area contributed by atoms with Crippen molar-refractivity contribution in [2.24, 2.45) is 0 Å². The molecule has 0 N–H and O–H groups in total. The van der Waals surface area contributed by atoms with Gasteiger partial charge in [0.25, 0.3) is 0 Å². The zero-order valence-electron chi connectivity index (χ0n) is 12.6. The van der Waals surface area contributed by atoms with Gasteiger partial charge in [0.05, 0.1) is 25.5 Å². The van der Waals surface area contributed by atoms with Gasteiger partial charge in [0.1, 0.15) is 5.82 Å². The van der Waals surface area contributed by atoms with Crippen LogP contribution in [-0.2, 0) is 6.42 Å². The third-order valence-electron chi connectivity index (χ3n) is 3.22. The van der Waals surface area contributed by atoms with E-state index in [1.165, 1.54) is 6.92 Å². The summed E-state index contributed by atoms with van der Waals surface area (Å²) in [5, 5.41) is 0. The van der Waals surface area contributed by atoms with E-state index < -0.39 is 0 Å². The molecule has 0 saturated carbocycles. The van der Waals surface area contributed by atoms with E-state index in [0.717, 1.165) is 5.56 Å². The summed E-state index contributed by atoms with van der Waals surface area (Å²) in [6, 6.07) is 5.69. The molecule has 1 heterocycles. The summed E-state index contributed by atoms with van der Waals surface area (Å²) in [6.45, 7) is 3.33. The number of hydrogen-bond donors (Lipinski definition) is 0. The standard InChI is InChI=1S/C16H18N2O3/c1-10-13(11(2)19)9-17-16(18-10)8-12-5-6-14(20-3)15(7-12)21-4/h5-7,9H,8H2,1-4H3. The number of aromatic nitrogens is 2. The molecule has 21 heavy (non-hydrogen) atoms. The molecular weight excluding hydrogens is 268 g/mol. The maximum absolute atomic E-state index is 11.4. The number of nitrogens with zero attached hydrogens (tertiary/aromatic N) is 2. The Bertz CT molecular complexity index is 669. The minimum Gasteiger partial charge on any atom is -0.493 e. The predicted molar refractivity (Wildman–Crippen MR) is 79.1 cm³/mol. The molecule has 0 atom stereocenters. The fraction of sp³-hybridized carbons (Fsp3) is 0.312. The maximum atomic E-state index is 11.4. The number of hydrogen-bond acceptors (Lipinski definition) is 5. The largest absolute Gasteiger partial charge is 0.493 e. The number of benzene rings is 1. The van der Waals surface area contributed by atoms with Crippen LogP contribution in [0.5, 0.6) is 11.5 Å². The van der Waals surface area contributed by atoms with E-state index in [-0.39, 0.29) is 5.78 Å². The average Bonchev–Trinajstić information content (AvgIpc) is 2.46. The number of methoxy groups -OCH3 is 2. The average molecular weight is 286 g/mol. The van der Waals surface area contributed by atoms with Crippen LogP contribution in [0.2, 0.25) is 0 Å². The molecule has 0 aliphatic rings. The molecule has 0 fully saturated rings. The molecule has 0 spiro atoms. The molecule has 0 saturated heterocycles. The lowest BCUT2D eigenvalue weighted by Gasteiger charge is -2.09. The van der Waals surface area contributed by atoms with E-state index in [0.29, 0.717) is 35.0 Å². The molecule has 0 aliphatic carbocycles. The first kappa shape index (κ1) is 15.0. The van der Waals surface area contributed by atoms with Crippen LogP contribution in [0.4, 0.5) is 0 Å². The molecule has 0 aliphatic heterocycles. The number of rotatable bonds is 5. The fourth-order valence-electron chi connectivity index (χ4n) is 2.12. The highest BCUT2D eigenvalue weighted by Gasteiger charge is 2.09. The van der Waals surface area contributed by atoms with E-state index in [9.17, 15) is 4.79 Å². The van der Waals surface area contributed by atoms with Gasteiger partial charge < -0.3 is 9.47 Å². The highest BCUT2D eigenvalue weighted by atomic mass is 16.5. The lowest BCUT2D eigenvalue weighted by Crippen LogP contribution is -2.05. The lowest BCUT2D eigenvalue weighted by atomic mass is 10.1. The van der Waals surface area contributed by atoms with Gasteiger partial charge in [-0.25, -0.2) is 9.97 Å². The molecule has 5 heteroatoms. The third-order valence-corrected chi connectivity index (χ3v) is 3.22. The van der Waals surface area contributed by atoms with Crippen molar-refractivity contribution in [3.05, 3.63) is 47.0 Å². The smallest absolute Gasteiger partial charge is 0.163 e. The molecule has 0 bridgehead atoms. The number of ketones is 1. The Morgan fingerprint density at radius 3 is 2.48 bits per heavy atom. The summed E-state index contributed by atoms with van der Waals surface area (Å²) in [4.78, 5) is 20.0. The van der Waals surface area contributed by atoms with Gasteiger partial charge in [-0.2, -0.15) is 0 Å². The zero-order chi connectivity index (χ0) is 15.4. The van der Waals surface area contributed by atoms with Gasteiger partial charge in [-0.1, -0.05) is 6.07 Å². The van der Waals surface area contributed by atoms with Crippen molar-refractivity contribution in [3.63, 3.8) is 0 Å². The molecule has 2 rings (SSSR count). The fourth-order valence-corrected chi connectivity index (χ4v) is 2.12. The first-order chi connectivity index (χ1) is 10.0. The van der Waals surface area contributed by atoms with Crippen LogP contribution in [0.1, 0.15) is 34.4 Å². The second kappa shape index (κ2) is 6.35. The third kappa shape index (κ3) is 3.37. The Balaban J connectivity index is 2.26. The predicted octanol–water partition coefficient (Wildman–Crippen LogP) is 2.60. The second-order valence-electron chi connectivity index (χ2n) is 4.71. The first-order valence-electron chi connectivity index (χ1n) is 6.59. The Labute approximate surface area is 124 Å². The Kier molecular flexibility index (Phi) is 4.52. The molecule has 1 aromatic carbocycles. The lowest BCUT2D eigenvalue weighted by molar-refractivity contribution is 0.101. The zero-order valence-corrected chi connectivity index (χ0v) is 12.6. The molecule has 2 aromatic rings. The number of aryl methyl sites for hydroxylation is 1. The van der Waals surface area contributed by atoms with Crippen molar-refractivity contribution < 1.29 is 14.3 Å². The number of carbonyl (C=O) groups excluding carboxylic acids is 1. The molecule has 0 amide bonds. The Hall–Kier alpha value is -2.43. The molecule has 0 unspecified atom stereocenters. The van der Waals surface area contributed by atoms with Gasteiger partial charge in [0.2, 0.25) is 0 Å². The first-order valence-corrected chi connectivity index (χ1v) is 6.59. The monoisotopic (exact) mass is 286 g/mol. The molecular formula is C16H18N2O3. The summed E-state index contributed by atoms with van der Waals surface area (Å²) < 4.78 is 10.5. The number of Topliss-reactive ketones (excluding diaryl/α,β-unsaturated/α-hetero) is 1. The normalized spacial score (nSPS) is 10.3. The van der Waals surface area contributed by atoms with Crippen molar-refractivity contribution in [1.82, 2.24) is 9.97 Å². The quantitative estimate of drug-likeness (QED) is 0.791. The van der Waals surface area contributed by atoms with Gasteiger partial charge in [-0.05, 0) is 31.5 Å². The maximum Gasteiger partial charge on any atom is 0.163 e. The summed E-state index contributed by atoms with van der Waals surface area (Å²) in [5.74, 6) is 2.01. The van der Waals surface area contributed by atoms with Crippen LogP contribution in [0.15, 0.2) is 24.4 Å². The summed E-state index contributed by atoms with van der Waals surface area (Å²) in [5.41, 5.74) is 2.28. The topological polar surface area (TPSA) is 61.3 Å². The van der Waals surface area contributed by atoms with Gasteiger partial charge in [-0.3, -0.25) is 4.79 Å². The van der Waals surface area contributed by atoms with Crippen molar-refractivity contribution in [2.45, 2.75) is 20.3 Å². The van der Waals surface area contributed by atoms with Crippen molar-refractivity contribution in [2.75, 3.05) is 14.2 Å². The minimum absolute atomic E-state index is 0.0230. The number of ether oxygens (including phenoxy) is 2. The van der Waals surface area contributed by atoms with E-state index in [1.54, 1.807) is 20.4 Å². The molecule has 5 nitrogen and oxygen atoms in total. The number of carbonyl (C=O) groups is 1. The van der Waals surface area contributed by atoms with Gasteiger partial charge in [0.15, 0.2) is 17.3 Å². The van der Waals surface area contributed by atoms with Crippen LogP contribution < -0.4 is 9.47 Å². The van der Waals surface area contributed by atoms with E-state index in [4.69, 9.17) is 9.47 Å². The molecule has 0 radical (unpaired) electrons. The summed E-state index contributed by atoms with van der Waals surface area (Å²) >= 11 is 0. The van der Waals surface area contributed by atoms with E-state index in [2.05, 4.69) is 9.97 Å². The van der Waals surface area contributed by atoms with Crippen LogP contribution in [0.25, 0.3) is 0 Å². The van der Waals surface area contributed by atoms with Crippen LogP contribution in [0, 0.1) is 6.92 Å². The Morgan fingerprint density at radius 2 is 1.90 bits per heavy atom. The van der Waals surface area contributed by atoms with Crippen molar-refractivity contribution in [3.8, 4) is 11.5 Å².